The van der Waals surface area contributed by atoms with Crippen LogP contribution in [-0.2, 0) is 12.8 Å². The standard InChI is InChI=1S/C17H25F2N3/c18-17(19,14-8-11-20-12-14)9-2-1-5-15-7-6-13-4-3-10-21-16(13)22-15/h6-7,14,20H,1-5,8-12H2,(H,21,22). The molecule has 122 valence electrons. The Morgan fingerprint density at radius 3 is 2.95 bits per heavy atom. The van der Waals surface area contributed by atoms with Gasteiger partial charge in [-0.3, -0.25) is 0 Å². The van der Waals surface area contributed by atoms with Crippen LogP contribution in [-0.4, -0.2) is 30.5 Å². The van der Waals surface area contributed by atoms with E-state index in [9.17, 15) is 8.78 Å². The first-order valence-electron chi connectivity index (χ1n) is 8.46. The second-order valence-electron chi connectivity index (χ2n) is 6.50. The van der Waals surface area contributed by atoms with Crippen LogP contribution in [0.3, 0.4) is 0 Å². The third-order valence-electron chi connectivity index (χ3n) is 4.80. The number of anilines is 1. The minimum Gasteiger partial charge on any atom is -0.370 e. The van der Waals surface area contributed by atoms with Gasteiger partial charge in [0.1, 0.15) is 5.82 Å². The van der Waals surface area contributed by atoms with Gasteiger partial charge in [-0.2, -0.15) is 0 Å². The number of nitrogens with zero attached hydrogens (tertiary/aromatic N) is 1. The van der Waals surface area contributed by atoms with E-state index >= 15 is 0 Å². The molecule has 3 heterocycles. The van der Waals surface area contributed by atoms with Crippen molar-refractivity contribution in [1.29, 1.82) is 0 Å². The van der Waals surface area contributed by atoms with Crippen molar-refractivity contribution in [2.75, 3.05) is 25.0 Å². The van der Waals surface area contributed by atoms with Gasteiger partial charge < -0.3 is 10.6 Å². The smallest absolute Gasteiger partial charge is 0.252 e. The van der Waals surface area contributed by atoms with Gasteiger partial charge in [0.25, 0.3) is 5.92 Å². The molecule has 1 aromatic rings. The minimum absolute atomic E-state index is 0.00252. The van der Waals surface area contributed by atoms with Gasteiger partial charge in [-0.25, -0.2) is 13.8 Å². The Morgan fingerprint density at radius 2 is 2.14 bits per heavy atom. The number of halogens is 2. The van der Waals surface area contributed by atoms with Crippen molar-refractivity contribution in [3.8, 4) is 0 Å². The first-order chi connectivity index (χ1) is 10.6. The van der Waals surface area contributed by atoms with Crippen LogP contribution >= 0.6 is 0 Å². The van der Waals surface area contributed by atoms with E-state index in [0.29, 0.717) is 19.4 Å². The van der Waals surface area contributed by atoms with E-state index in [1.165, 1.54) is 5.56 Å². The fourth-order valence-corrected chi connectivity index (χ4v) is 3.39. The zero-order chi connectivity index (χ0) is 15.4. The van der Waals surface area contributed by atoms with E-state index in [2.05, 4.69) is 21.7 Å². The number of alkyl halides is 2. The van der Waals surface area contributed by atoms with E-state index in [4.69, 9.17) is 0 Å². The fourth-order valence-electron chi connectivity index (χ4n) is 3.39. The molecule has 0 bridgehead atoms. The molecule has 0 spiro atoms. The van der Waals surface area contributed by atoms with Gasteiger partial charge in [0, 0.05) is 31.1 Å². The zero-order valence-corrected chi connectivity index (χ0v) is 13.0. The number of aromatic nitrogens is 1. The van der Waals surface area contributed by atoms with Crippen LogP contribution in [0.4, 0.5) is 14.6 Å². The largest absolute Gasteiger partial charge is 0.370 e. The number of rotatable bonds is 6. The van der Waals surface area contributed by atoms with Crippen molar-refractivity contribution in [3.05, 3.63) is 23.4 Å². The Balaban J connectivity index is 1.45. The summed E-state index contributed by atoms with van der Waals surface area (Å²) < 4.78 is 28.0. The first kappa shape index (κ1) is 15.7. The van der Waals surface area contributed by atoms with Gasteiger partial charge in [0.15, 0.2) is 0 Å². The molecule has 1 unspecified atom stereocenters. The van der Waals surface area contributed by atoms with Crippen LogP contribution in [0.2, 0.25) is 0 Å². The van der Waals surface area contributed by atoms with Crippen LogP contribution in [0, 0.1) is 5.92 Å². The van der Waals surface area contributed by atoms with Crippen molar-refractivity contribution < 1.29 is 8.78 Å². The molecule has 1 saturated heterocycles. The van der Waals surface area contributed by atoms with E-state index in [0.717, 1.165) is 50.3 Å². The molecule has 2 aliphatic rings. The van der Waals surface area contributed by atoms with Crippen molar-refractivity contribution in [1.82, 2.24) is 10.3 Å². The van der Waals surface area contributed by atoms with E-state index in [1.807, 2.05) is 6.07 Å². The maximum Gasteiger partial charge on any atom is 0.252 e. The van der Waals surface area contributed by atoms with Crippen LogP contribution in [0.5, 0.6) is 0 Å². The predicted octanol–water partition coefficient (Wildman–Crippen LogP) is 3.40. The SMILES string of the molecule is FC(F)(CCCCc1ccc2c(n1)NCCC2)C1CCNC1. The van der Waals surface area contributed by atoms with Crippen molar-refractivity contribution in [3.63, 3.8) is 0 Å². The van der Waals surface area contributed by atoms with Crippen molar-refractivity contribution in [2.24, 2.45) is 5.92 Å². The molecule has 5 heteroatoms. The molecule has 0 amide bonds. The normalized spacial score (nSPS) is 21.5. The summed E-state index contributed by atoms with van der Waals surface area (Å²) in [6.45, 7) is 2.17. The van der Waals surface area contributed by atoms with E-state index in [1.54, 1.807) is 0 Å². The molecule has 1 fully saturated rings. The lowest BCUT2D eigenvalue weighted by Crippen LogP contribution is -2.29. The van der Waals surface area contributed by atoms with Crippen molar-refractivity contribution in [2.45, 2.75) is 50.9 Å². The molecule has 3 nitrogen and oxygen atoms in total. The summed E-state index contributed by atoms with van der Waals surface area (Å²) in [7, 11) is 0. The Bertz CT molecular complexity index is 499. The van der Waals surface area contributed by atoms with Crippen LogP contribution in [0.1, 0.15) is 43.4 Å². The molecule has 2 aliphatic heterocycles. The third-order valence-corrected chi connectivity index (χ3v) is 4.80. The fraction of sp³-hybridized carbons (Fsp3) is 0.706. The summed E-state index contributed by atoms with van der Waals surface area (Å²) in [5.41, 5.74) is 2.29. The lowest BCUT2D eigenvalue weighted by atomic mass is 9.95. The number of unbranched alkanes of at least 4 members (excludes halogenated alkanes) is 1. The topological polar surface area (TPSA) is 37.0 Å². The van der Waals surface area contributed by atoms with Gasteiger partial charge in [-0.1, -0.05) is 6.07 Å². The van der Waals surface area contributed by atoms with Crippen LogP contribution in [0.15, 0.2) is 12.1 Å². The summed E-state index contributed by atoms with van der Waals surface area (Å²) in [6, 6.07) is 4.17. The number of pyridine rings is 1. The van der Waals surface area contributed by atoms with Crippen LogP contribution < -0.4 is 10.6 Å². The van der Waals surface area contributed by atoms with Gasteiger partial charge in [0.05, 0.1) is 0 Å². The molecule has 0 aromatic carbocycles. The Hall–Kier alpha value is -1.23. The highest BCUT2D eigenvalue weighted by Gasteiger charge is 2.39. The monoisotopic (exact) mass is 309 g/mol. The van der Waals surface area contributed by atoms with E-state index < -0.39 is 11.8 Å². The molecule has 22 heavy (non-hydrogen) atoms. The molecule has 2 N–H and O–H groups in total. The number of nitrogens with one attached hydrogen (secondary N) is 2. The number of hydrogen-bond donors (Lipinski definition) is 2. The summed E-state index contributed by atoms with van der Waals surface area (Å²) in [5, 5.41) is 6.34. The zero-order valence-electron chi connectivity index (χ0n) is 13.0. The third kappa shape index (κ3) is 3.75. The summed E-state index contributed by atoms with van der Waals surface area (Å²) >= 11 is 0. The number of aryl methyl sites for hydroxylation is 2. The lowest BCUT2D eigenvalue weighted by molar-refractivity contribution is -0.0597. The van der Waals surface area contributed by atoms with Gasteiger partial charge in [-0.05, 0) is 56.7 Å². The molecule has 1 aromatic heterocycles. The quantitative estimate of drug-likeness (QED) is 0.791. The second-order valence-corrected chi connectivity index (χ2v) is 6.50. The highest BCUT2D eigenvalue weighted by molar-refractivity contribution is 5.46. The highest BCUT2D eigenvalue weighted by atomic mass is 19.3. The molecular weight excluding hydrogens is 284 g/mol. The van der Waals surface area contributed by atoms with Gasteiger partial charge in [-0.15, -0.1) is 0 Å². The molecular formula is C17H25F2N3. The summed E-state index contributed by atoms with van der Waals surface area (Å²) in [5.74, 6) is -2.00. The van der Waals surface area contributed by atoms with E-state index in [-0.39, 0.29) is 6.42 Å². The predicted molar refractivity (Wildman–Crippen MR) is 84.5 cm³/mol. The summed E-state index contributed by atoms with van der Waals surface area (Å²) in [4.78, 5) is 4.62. The lowest BCUT2D eigenvalue weighted by Gasteiger charge is -2.22. The first-order valence-corrected chi connectivity index (χ1v) is 8.46. The molecule has 0 aliphatic carbocycles. The Kier molecular flexibility index (Phi) is 4.91. The summed E-state index contributed by atoms with van der Waals surface area (Å²) in [6.07, 6.45) is 4.97. The van der Waals surface area contributed by atoms with Crippen molar-refractivity contribution >= 4 is 5.82 Å². The molecule has 1 atom stereocenters. The maximum atomic E-state index is 14.0. The van der Waals surface area contributed by atoms with Crippen LogP contribution in [0.25, 0.3) is 0 Å². The van der Waals surface area contributed by atoms with Gasteiger partial charge >= 0.3 is 0 Å². The molecule has 3 rings (SSSR count). The average molecular weight is 309 g/mol. The Labute approximate surface area is 130 Å². The molecule has 0 radical (unpaired) electrons. The Morgan fingerprint density at radius 1 is 1.23 bits per heavy atom. The molecule has 0 saturated carbocycles. The maximum absolute atomic E-state index is 14.0. The minimum atomic E-state index is -2.52. The number of hydrogen-bond acceptors (Lipinski definition) is 3. The number of fused-ring (bicyclic) bond motifs is 1. The van der Waals surface area contributed by atoms with Gasteiger partial charge in [0.2, 0.25) is 0 Å². The highest BCUT2D eigenvalue weighted by Crippen LogP contribution is 2.34. The second kappa shape index (κ2) is 6.90. The average Bonchev–Trinajstić information content (AvgIpc) is 3.07.